The summed E-state index contributed by atoms with van der Waals surface area (Å²) in [5.74, 6) is 0.705. The van der Waals surface area contributed by atoms with Crippen LogP contribution in [0.15, 0.2) is 35.6 Å². The standard InChI is InChI=1S/C20H32N2/c1-14-12-19(14,4)8-10-21-13-18(17-6-7-17)22-11-9-20(5)15(2)16(20)3/h16,21-22H,1-2,6-13H2,3-5H3. The first-order valence-corrected chi connectivity index (χ1v) is 8.90. The van der Waals surface area contributed by atoms with Crippen LogP contribution in [0.5, 0.6) is 0 Å². The second kappa shape index (κ2) is 5.56. The third-order valence-corrected chi connectivity index (χ3v) is 6.53. The lowest BCUT2D eigenvalue weighted by Crippen LogP contribution is -2.28. The molecule has 22 heavy (non-hydrogen) atoms. The van der Waals surface area contributed by atoms with Crippen LogP contribution in [0.2, 0.25) is 0 Å². The van der Waals surface area contributed by atoms with Crippen molar-refractivity contribution in [1.29, 1.82) is 0 Å². The first-order valence-electron chi connectivity index (χ1n) is 8.90. The molecule has 0 amide bonds. The average Bonchev–Trinajstić information content (AvgIpc) is 3.42. The van der Waals surface area contributed by atoms with Crippen molar-refractivity contribution in [3.05, 3.63) is 35.6 Å². The van der Waals surface area contributed by atoms with E-state index in [4.69, 9.17) is 0 Å². The van der Waals surface area contributed by atoms with E-state index < -0.39 is 0 Å². The van der Waals surface area contributed by atoms with Crippen molar-refractivity contribution < 1.29 is 0 Å². The lowest BCUT2D eigenvalue weighted by molar-refractivity contribution is 0.470. The molecule has 3 rings (SSSR count). The molecule has 0 radical (unpaired) electrons. The van der Waals surface area contributed by atoms with Crippen molar-refractivity contribution in [2.45, 2.75) is 52.9 Å². The Kier molecular flexibility index (Phi) is 4.01. The number of nitrogens with one attached hydrogen (secondary N) is 2. The second-order valence-electron chi connectivity index (χ2n) is 8.19. The fraction of sp³-hybridized carbons (Fsp3) is 0.700. The molecular formula is C20H32N2. The van der Waals surface area contributed by atoms with E-state index >= 15 is 0 Å². The molecule has 0 saturated heterocycles. The van der Waals surface area contributed by atoms with E-state index in [-0.39, 0.29) is 0 Å². The monoisotopic (exact) mass is 300 g/mol. The molecule has 0 aromatic carbocycles. The van der Waals surface area contributed by atoms with Gasteiger partial charge in [0.25, 0.3) is 0 Å². The normalized spacial score (nSPS) is 35.6. The fourth-order valence-electron chi connectivity index (χ4n) is 3.58. The zero-order valence-electron chi connectivity index (χ0n) is 14.6. The van der Waals surface area contributed by atoms with Crippen molar-refractivity contribution in [2.24, 2.45) is 16.7 Å². The third kappa shape index (κ3) is 3.17. The van der Waals surface area contributed by atoms with Gasteiger partial charge in [0.05, 0.1) is 0 Å². The highest BCUT2D eigenvalue weighted by Crippen LogP contribution is 2.58. The highest BCUT2D eigenvalue weighted by molar-refractivity contribution is 5.33. The third-order valence-electron chi connectivity index (χ3n) is 6.53. The molecule has 0 aromatic rings. The van der Waals surface area contributed by atoms with Gasteiger partial charge in [-0.15, -0.1) is 0 Å². The van der Waals surface area contributed by atoms with Gasteiger partial charge < -0.3 is 10.6 Å². The van der Waals surface area contributed by atoms with Crippen molar-refractivity contribution in [2.75, 3.05) is 19.6 Å². The zero-order chi connectivity index (χ0) is 16.0. The predicted molar refractivity (Wildman–Crippen MR) is 94.6 cm³/mol. The summed E-state index contributed by atoms with van der Waals surface area (Å²) in [6.07, 6.45) is 6.24. The Morgan fingerprint density at radius 2 is 1.82 bits per heavy atom. The molecule has 3 atom stereocenters. The molecule has 0 bridgehead atoms. The Bertz CT molecular complexity index is 524. The number of hydrogen-bond donors (Lipinski definition) is 2. The van der Waals surface area contributed by atoms with E-state index in [1.807, 2.05) is 0 Å². The average molecular weight is 300 g/mol. The molecule has 0 aromatic heterocycles. The highest BCUT2D eigenvalue weighted by Gasteiger charge is 2.50. The van der Waals surface area contributed by atoms with E-state index in [0.717, 1.165) is 19.6 Å². The predicted octanol–water partition coefficient (Wildman–Crippen LogP) is 4.17. The minimum atomic E-state index is 0.390. The molecule has 2 nitrogen and oxygen atoms in total. The summed E-state index contributed by atoms with van der Waals surface area (Å²) in [5, 5.41) is 7.33. The molecule has 0 aliphatic heterocycles. The van der Waals surface area contributed by atoms with Crippen molar-refractivity contribution in [3.63, 3.8) is 0 Å². The topological polar surface area (TPSA) is 24.1 Å². The molecule has 3 fully saturated rings. The maximum Gasteiger partial charge on any atom is 0.0353 e. The summed E-state index contributed by atoms with van der Waals surface area (Å²) >= 11 is 0. The zero-order valence-corrected chi connectivity index (χ0v) is 14.6. The quantitative estimate of drug-likeness (QED) is 0.493. The lowest BCUT2D eigenvalue weighted by Gasteiger charge is -2.16. The summed E-state index contributed by atoms with van der Waals surface area (Å²) in [6, 6.07) is 0. The van der Waals surface area contributed by atoms with Crippen LogP contribution in [-0.4, -0.2) is 19.6 Å². The number of hydrogen-bond acceptors (Lipinski definition) is 2. The largest absolute Gasteiger partial charge is 0.387 e. The van der Waals surface area contributed by atoms with E-state index in [9.17, 15) is 0 Å². The lowest BCUT2D eigenvalue weighted by atomic mass is 10.0. The van der Waals surface area contributed by atoms with Gasteiger partial charge in [0.15, 0.2) is 0 Å². The van der Waals surface area contributed by atoms with Crippen LogP contribution in [0, 0.1) is 16.7 Å². The van der Waals surface area contributed by atoms with E-state index in [0.29, 0.717) is 16.7 Å². The second-order valence-corrected chi connectivity index (χ2v) is 8.19. The maximum absolute atomic E-state index is 4.18. The molecule has 0 spiro atoms. The van der Waals surface area contributed by atoms with Gasteiger partial charge in [-0.1, -0.05) is 45.1 Å². The molecule has 122 valence electrons. The van der Waals surface area contributed by atoms with Gasteiger partial charge in [-0.2, -0.15) is 0 Å². The van der Waals surface area contributed by atoms with Gasteiger partial charge in [-0.05, 0) is 61.0 Å². The molecule has 3 unspecified atom stereocenters. The van der Waals surface area contributed by atoms with Gasteiger partial charge >= 0.3 is 0 Å². The van der Waals surface area contributed by atoms with Crippen LogP contribution in [-0.2, 0) is 0 Å². The Balaban J connectivity index is 1.36. The van der Waals surface area contributed by atoms with Gasteiger partial charge in [-0.3, -0.25) is 0 Å². The molecule has 3 aliphatic rings. The molecule has 3 saturated carbocycles. The SMILES string of the molecule is C=C1CC1(C)CCNCC(NCCC1(C)C(=C)C1C)=C1CC1. The van der Waals surface area contributed by atoms with E-state index in [1.165, 1.54) is 48.9 Å². The van der Waals surface area contributed by atoms with Crippen LogP contribution < -0.4 is 10.6 Å². The summed E-state index contributed by atoms with van der Waals surface area (Å²) in [5.41, 5.74) is 6.78. The van der Waals surface area contributed by atoms with Gasteiger partial charge in [-0.25, -0.2) is 0 Å². The molecular weight excluding hydrogens is 268 g/mol. The Morgan fingerprint density at radius 3 is 2.32 bits per heavy atom. The minimum absolute atomic E-state index is 0.390. The van der Waals surface area contributed by atoms with Crippen molar-refractivity contribution in [3.8, 4) is 0 Å². The number of allylic oxidation sites excluding steroid dienone is 3. The molecule has 3 aliphatic carbocycles. The van der Waals surface area contributed by atoms with E-state index in [1.54, 1.807) is 5.57 Å². The van der Waals surface area contributed by atoms with Gasteiger partial charge in [0.2, 0.25) is 0 Å². The smallest absolute Gasteiger partial charge is 0.0353 e. The highest BCUT2D eigenvalue weighted by atomic mass is 15.0. The molecule has 2 N–H and O–H groups in total. The maximum atomic E-state index is 4.18. The first-order chi connectivity index (χ1) is 10.4. The van der Waals surface area contributed by atoms with Gasteiger partial charge in [0, 0.05) is 18.8 Å². The Morgan fingerprint density at radius 1 is 1.18 bits per heavy atom. The number of rotatable bonds is 9. The first kappa shape index (κ1) is 15.9. The summed E-state index contributed by atoms with van der Waals surface area (Å²) in [4.78, 5) is 0. The van der Waals surface area contributed by atoms with Crippen molar-refractivity contribution in [1.82, 2.24) is 10.6 Å². The van der Waals surface area contributed by atoms with Crippen LogP contribution in [0.4, 0.5) is 0 Å². The van der Waals surface area contributed by atoms with Gasteiger partial charge in [0.1, 0.15) is 0 Å². The summed E-state index contributed by atoms with van der Waals surface area (Å²) in [7, 11) is 0. The fourth-order valence-corrected chi connectivity index (χ4v) is 3.58. The minimum Gasteiger partial charge on any atom is -0.387 e. The van der Waals surface area contributed by atoms with Crippen molar-refractivity contribution >= 4 is 0 Å². The van der Waals surface area contributed by atoms with Crippen LogP contribution in [0.3, 0.4) is 0 Å². The molecule has 0 heterocycles. The summed E-state index contributed by atoms with van der Waals surface area (Å²) in [6.45, 7) is 18.4. The Hall–Kier alpha value is -1.02. The summed E-state index contributed by atoms with van der Waals surface area (Å²) < 4.78 is 0. The van der Waals surface area contributed by atoms with Crippen LogP contribution in [0.25, 0.3) is 0 Å². The molecule has 2 heteroatoms. The Labute approximate surface area is 136 Å². The van der Waals surface area contributed by atoms with Crippen LogP contribution in [0.1, 0.15) is 52.9 Å². The van der Waals surface area contributed by atoms with Crippen LogP contribution >= 0.6 is 0 Å². The van der Waals surface area contributed by atoms with E-state index in [2.05, 4.69) is 44.6 Å².